The highest BCUT2D eigenvalue weighted by molar-refractivity contribution is 6.31. The van der Waals surface area contributed by atoms with E-state index in [-0.39, 0.29) is 30.7 Å². The topological polar surface area (TPSA) is 57.6 Å². The van der Waals surface area contributed by atoms with Crippen LogP contribution in [0.25, 0.3) is 0 Å². The third kappa shape index (κ3) is 5.72. The second-order valence-corrected chi connectivity index (χ2v) is 9.84. The molecule has 0 radical (unpaired) electrons. The third-order valence-corrected chi connectivity index (χ3v) is 5.92. The Morgan fingerprint density at radius 2 is 2.00 bits per heavy atom. The number of halogens is 1. The number of rotatable bonds is 7. The number of nitrogens with zero attached hydrogens (tertiary/aromatic N) is 1. The SMILES string of the molecule is C=C(C)C1=CN(CCC(=O)O)C(=O)C[C@@]1(C)c1ccc(CCC(C)(C)C)c(Cl)c1. The van der Waals surface area contributed by atoms with Crippen molar-refractivity contribution < 1.29 is 14.7 Å². The van der Waals surface area contributed by atoms with Crippen molar-refractivity contribution in [3.8, 4) is 0 Å². The zero-order valence-electron chi connectivity index (χ0n) is 18.1. The van der Waals surface area contributed by atoms with Crippen LogP contribution in [0.5, 0.6) is 0 Å². The van der Waals surface area contributed by atoms with E-state index in [0.717, 1.165) is 40.1 Å². The van der Waals surface area contributed by atoms with Crippen LogP contribution in [0, 0.1) is 5.41 Å². The molecule has 0 unspecified atom stereocenters. The highest BCUT2D eigenvalue weighted by atomic mass is 35.5. The summed E-state index contributed by atoms with van der Waals surface area (Å²) < 4.78 is 0. The van der Waals surface area contributed by atoms with Gasteiger partial charge in [-0.1, -0.05) is 63.6 Å². The second kappa shape index (κ2) is 8.74. The molecule has 1 heterocycles. The smallest absolute Gasteiger partial charge is 0.305 e. The summed E-state index contributed by atoms with van der Waals surface area (Å²) in [7, 11) is 0. The fourth-order valence-electron chi connectivity index (χ4n) is 3.72. The van der Waals surface area contributed by atoms with E-state index in [0.29, 0.717) is 0 Å². The van der Waals surface area contributed by atoms with Crippen molar-refractivity contribution in [2.75, 3.05) is 6.54 Å². The molecule has 0 saturated heterocycles. The lowest BCUT2D eigenvalue weighted by molar-refractivity contribution is -0.138. The van der Waals surface area contributed by atoms with Gasteiger partial charge in [-0.3, -0.25) is 9.59 Å². The van der Waals surface area contributed by atoms with Crippen LogP contribution in [0.3, 0.4) is 0 Å². The molecular formula is C24H32ClNO3. The number of hydrogen-bond acceptors (Lipinski definition) is 2. The van der Waals surface area contributed by atoms with Gasteiger partial charge in [-0.2, -0.15) is 0 Å². The number of aliphatic carboxylic acids is 1. The van der Waals surface area contributed by atoms with E-state index < -0.39 is 11.4 Å². The van der Waals surface area contributed by atoms with Gasteiger partial charge in [0, 0.05) is 29.6 Å². The number of carbonyl (C=O) groups is 2. The summed E-state index contributed by atoms with van der Waals surface area (Å²) in [6.07, 6.45) is 3.87. The fraction of sp³-hybridized carbons (Fsp3) is 0.500. The van der Waals surface area contributed by atoms with Gasteiger partial charge in [0.25, 0.3) is 0 Å². The first-order valence-corrected chi connectivity index (χ1v) is 10.4. The fourth-order valence-corrected chi connectivity index (χ4v) is 3.99. The van der Waals surface area contributed by atoms with Crippen LogP contribution in [0.1, 0.15) is 65.0 Å². The Bertz CT molecular complexity index is 850. The summed E-state index contributed by atoms with van der Waals surface area (Å²) in [5.41, 5.74) is 3.56. The maximum atomic E-state index is 12.8. The second-order valence-electron chi connectivity index (χ2n) is 9.43. The summed E-state index contributed by atoms with van der Waals surface area (Å²) in [5.74, 6) is -1.01. The first kappa shape index (κ1) is 23.2. The summed E-state index contributed by atoms with van der Waals surface area (Å²) in [6, 6.07) is 6.09. The number of carbonyl (C=O) groups excluding carboxylic acids is 1. The van der Waals surface area contributed by atoms with Crippen molar-refractivity contribution >= 4 is 23.5 Å². The molecule has 1 aromatic rings. The normalized spacial score (nSPS) is 19.9. The van der Waals surface area contributed by atoms with Gasteiger partial charge in [-0.15, -0.1) is 0 Å². The predicted molar refractivity (Wildman–Crippen MR) is 118 cm³/mol. The first-order valence-electron chi connectivity index (χ1n) is 10.0. The van der Waals surface area contributed by atoms with Crippen molar-refractivity contribution in [3.63, 3.8) is 0 Å². The monoisotopic (exact) mass is 417 g/mol. The van der Waals surface area contributed by atoms with Crippen LogP contribution in [0.4, 0.5) is 0 Å². The molecule has 1 aliphatic heterocycles. The lowest BCUT2D eigenvalue weighted by Gasteiger charge is -2.40. The van der Waals surface area contributed by atoms with Crippen LogP contribution >= 0.6 is 11.6 Å². The van der Waals surface area contributed by atoms with Crippen LogP contribution in [0.2, 0.25) is 5.02 Å². The molecule has 1 aliphatic rings. The van der Waals surface area contributed by atoms with Gasteiger partial charge in [0.15, 0.2) is 0 Å². The standard InChI is InChI=1S/C24H32ClNO3/c1-16(2)19-15-26(12-10-22(28)29)21(27)14-24(19,6)18-8-7-17(20(25)13-18)9-11-23(3,4)5/h7-8,13,15H,1,9-12,14H2,2-6H3,(H,28,29)/t24-/m0/s1. The molecule has 0 saturated carbocycles. The largest absolute Gasteiger partial charge is 0.481 e. The van der Waals surface area contributed by atoms with E-state index in [1.54, 1.807) is 6.20 Å². The van der Waals surface area contributed by atoms with Crippen LogP contribution in [-0.4, -0.2) is 28.4 Å². The van der Waals surface area contributed by atoms with E-state index in [1.165, 1.54) is 4.90 Å². The maximum absolute atomic E-state index is 12.8. The Hall–Kier alpha value is -2.07. The molecule has 0 fully saturated rings. The van der Waals surface area contributed by atoms with Crippen molar-refractivity contribution in [1.82, 2.24) is 4.90 Å². The molecule has 158 valence electrons. The lowest BCUT2D eigenvalue weighted by atomic mass is 9.69. The molecule has 4 nitrogen and oxygen atoms in total. The zero-order chi connectivity index (χ0) is 22.0. The molecule has 0 spiro atoms. The lowest BCUT2D eigenvalue weighted by Crippen LogP contribution is -2.41. The van der Waals surface area contributed by atoms with Gasteiger partial charge in [0.05, 0.1) is 6.42 Å². The Kier molecular flexibility index (Phi) is 7.00. The Labute approximate surface area is 179 Å². The Balaban J connectivity index is 2.37. The van der Waals surface area contributed by atoms with E-state index in [9.17, 15) is 9.59 Å². The highest BCUT2D eigenvalue weighted by Gasteiger charge is 2.39. The van der Waals surface area contributed by atoms with Gasteiger partial charge in [-0.05, 0) is 47.9 Å². The molecule has 29 heavy (non-hydrogen) atoms. The predicted octanol–water partition coefficient (Wildman–Crippen LogP) is 5.74. The van der Waals surface area contributed by atoms with E-state index in [1.807, 2.05) is 19.9 Å². The number of benzene rings is 1. The summed E-state index contributed by atoms with van der Waals surface area (Å²) in [5, 5.41) is 9.66. The molecule has 1 amide bonds. The number of amides is 1. The van der Waals surface area contributed by atoms with Crippen LogP contribution in [0.15, 0.2) is 42.1 Å². The molecule has 5 heteroatoms. The highest BCUT2D eigenvalue weighted by Crippen LogP contribution is 2.43. The number of aryl methyl sites for hydroxylation is 1. The minimum absolute atomic E-state index is 0.0866. The maximum Gasteiger partial charge on any atom is 0.305 e. The van der Waals surface area contributed by atoms with E-state index >= 15 is 0 Å². The van der Waals surface area contributed by atoms with Crippen molar-refractivity contribution in [2.45, 2.75) is 65.7 Å². The minimum Gasteiger partial charge on any atom is -0.481 e. The number of carboxylic acid groups (broad SMARTS) is 1. The third-order valence-electron chi connectivity index (χ3n) is 5.57. The number of carboxylic acids is 1. The van der Waals surface area contributed by atoms with E-state index in [2.05, 4.69) is 39.5 Å². The van der Waals surface area contributed by atoms with Crippen molar-refractivity contribution in [3.05, 3.63) is 58.3 Å². The van der Waals surface area contributed by atoms with E-state index in [4.69, 9.17) is 16.7 Å². The van der Waals surface area contributed by atoms with Crippen molar-refractivity contribution in [2.24, 2.45) is 5.41 Å². The Morgan fingerprint density at radius 1 is 1.34 bits per heavy atom. The van der Waals surface area contributed by atoms with Crippen molar-refractivity contribution in [1.29, 1.82) is 0 Å². The Morgan fingerprint density at radius 3 is 2.52 bits per heavy atom. The summed E-state index contributed by atoms with van der Waals surface area (Å²) in [6.45, 7) is 14.8. The molecule has 1 N–H and O–H groups in total. The number of allylic oxidation sites excluding steroid dienone is 2. The zero-order valence-corrected chi connectivity index (χ0v) is 18.9. The molecule has 1 atom stereocenters. The molecule has 0 bridgehead atoms. The van der Waals surface area contributed by atoms with Gasteiger partial charge in [0.2, 0.25) is 5.91 Å². The van der Waals surface area contributed by atoms with Crippen LogP contribution in [-0.2, 0) is 21.4 Å². The quantitative estimate of drug-likeness (QED) is 0.615. The average Bonchev–Trinajstić information content (AvgIpc) is 2.58. The average molecular weight is 418 g/mol. The van der Waals surface area contributed by atoms with Crippen LogP contribution < -0.4 is 0 Å². The molecular weight excluding hydrogens is 386 g/mol. The van der Waals surface area contributed by atoms with Gasteiger partial charge >= 0.3 is 5.97 Å². The minimum atomic E-state index is -0.922. The first-order chi connectivity index (χ1) is 13.3. The molecule has 0 aliphatic carbocycles. The molecule has 2 rings (SSSR count). The number of hydrogen-bond donors (Lipinski definition) is 1. The molecule has 1 aromatic carbocycles. The van der Waals surface area contributed by atoms with Gasteiger partial charge < -0.3 is 10.0 Å². The summed E-state index contributed by atoms with van der Waals surface area (Å²) >= 11 is 6.61. The van der Waals surface area contributed by atoms with Gasteiger partial charge in [-0.25, -0.2) is 0 Å². The van der Waals surface area contributed by atoms with Gasteiger partial charge in [0.1, 0.15) is 0 Å². The summed E-state index contributed by atoms with van der Waals surface area (Å²) in [4.78, 5) is 25.2. The molecule has 0 aromatic heterocycles.